The standard InChI is InChI=1S/C64H123N11O46/c1-62(75(24-120-26-84)25-121-27-85)18-71(32(60(112)113)4-40(92)65-16-63(6-28(67-116)42(94)52(104)46(98)34(86)10-76,7-29(68-117)43(95)53(105)47(99)35(87)11-77)20-73(22-82)58(110)56(108)50(102)38(90)14-80)2-3-72(19-62)33(61(114)115)5-41(93)66-17-64(8-30(69-118)44(96)54(106)48(100)36(88)12-78,9-31(70-119)45(97)55(107)49(101)37(89)13-79)21-74(23-83)59(111)57(109)51(103)39(91)15-81/h22-23,26-39,42-59,67-70,76-81,86-91,94-111,116-119H,2-21,24-25H2,1H3,(H,65,92)(H,66,93)(H,112,113)(H,114,115). The first kappa shape index (κ1) is 113. The molecule has 30 unspecified atom stereocenters. The van der Waals surface area contributed by atoms with Gasteiger partial charge in [-0.2, -0.15) is 21.9 Å². The Labute approximate surface area is 687 Å². The summed E-state index contributed by atoms with van der Waals surface area (Å²) < 4.78 is 9.96. The molecular weight excluding hydrogens is 1660 g/mol. The van der Waals surface area contributed by atoms with Crippen LogP contribution in [0.2, 0.25) is 0 Å². The summed E-state index contributed by atoms with van der Waals surface area (Å²) in [5.74, 6) is -6.93. The third-order valence-electron chi connectivity index (χ3n) is 21.2. The summed E-state index contributed by atoms with van der Waals surface area (Å²) >= 11 is 0. The molecule has 0 saturated carbocycles. The van der Waals surface area contributed by atoms with Crippen molar-refractivity contribution < 1.29 is 232 Å². The van der Waals surface area contributed by atoms with Crippen LogP contribution in [0.5, 0.6) is 0 Å². The van der Waals surface area contributed by atoms with E-state index in [0.29, 0.717) is 0 Å². The average molecular weight is 1780 g/mol. The molecule has 1 fully saturated rings. The number of aliphatic carboxylic acids is 2. The van der Waals surface area contributed by atoms with Crippen molar-refractivity contribution in [2.24, 2.45) is 10.8 Å². The highest BCUT2D eigenvalue weighted by atomic mass is 16.6. The predicted molar refractivity (Wildman–Crippen MR) is 386 cm³/mol. The van der Waals surface area contributed by atoms with Gasteiger partial charge in [0.15, 0.2) is 12.5 Å². The van der Waals surface area contributed by atoms with E-state index in [2.05, 4.69) is 10.6 Å². The lowest BCUT2D eigenvalue weighted by Gasteiger charge is -2.45. The van der Waals surface area contributed by atoms with E-state index in [1.165, 1.54) is 28.8 Å². The van der Waals surface area contributed by atoms with Crippen LogP contribution < -0.4 is 32.6 Å². The largest absolute Gasteiger partial charge is 0.480 e. The molecule has 0 aromatic carbocycles. The van der Waals surface area contributed by atoms with E-state index in [1.807, 2.05) is 0 Å². The van der Waals surface area contributed by atoms with Crippen LogP contribution in [0.4, 0.5) is 0 Å². The van der Waals surface area contributed by atoms with Gasteiger partial charge in [-0.1, -0.05) is 0 Å². The Hall–Kier alpha value is -5.88. The highest BCUT2D eigenvalue weighted by molar-refractivity contribution is 5.85. The third-order valence-corrected chi connectivity index (χ3v) is 21.2. The fourth-order valence-electron chi connectivity index (χ4n) is 13.8. The lowest BCUT2D eigenvalue weighted by atomic mass is 9.72. The normalized spacial score (nSPS) is 23.1. The minimum absolute atomic E-state index is 0.104. The highest BCUT2D eigenvalue weighted by Gasteiger charge is 2.52. The molecule has 1 aliphatic rings. The summed E-state index contributed by atoms with van der Waals surface area (Å²) in [4.78, 5) is 110. The number of carbonyl (C=O) groups is 8. The number of hydroxylamine groups is 4. The van der Waals surface area contributed by atoms with E-state index in [1.54, 1.807) is 0 Å². The van der Waals surface area contributed by atoms with Crippen LogP contribution in [-0.4, -0.2) is 552 Å². The Balaban J connectivity index is 4.65. The second-order valence-electron chi connectivity index (χ2n) is 29.9. The van der Waals surface area contributed by atoms with Gasteiger partial charge < -0.3 is 214 Å². The first-order valence-corrected chi connectivity index (χ1v) is 37.0. The van der Waals surface area contributed by atoms with Gasteiger partial charge in [-0.15, -0.1) is 0 Å². The van der Waals surface area contributed by atoms with Gasteiger partial charge in [-0.05, 0) is 32.6 Å². The summed E-state index contributed by atoms with van der Waals surface area (Å²) in [5.41, 5.74) is -1.31. The fourth-order valence-corrected chi connectivity index (χ4v) is 13.8. The van der Waals surface area contributed by atoms with Gasteiger partial charge in [0.25, 0.3) is 12.9 Å². The molecule has 0 spiro atoms. The van der Waals surface area contributed by atoms with Crippen LogP contribution in [0.1, 0.15) is 45.4 Å². The van der Waals surface area contributed by atoms with Gasteiger partial charge in [-0.25, -0.2) is 4.90 Å². The van der Waals surface area contributed by atoms with Gasteiger partial charge in [-0.3, -0.25) is 48.2 Å². The molecule has 1 aliphatic heterocycles. The molecule has 30 atom stereocenters. The first-order chi connectivity index (χ1) is 56.6. The zero-order chi connectivity index (χ0) is 93.1. The molecule has 0 radical (unpaired) electrons. The van der Waals surface area contributed by atoms with E-state index in [-0.39, 0.29) is 35.6 Å². The SMILES string of the molecule is CC1(N(COC=O)COC=O)CN(C(CC(=O)NCC(CC(NO)C(O)C(O)C(O)C(O)CO)(CC(NO)C(O)C(O)C(O)C(O)CO)CN(C=O)C(O)C(O)C(O)C(O)CO)C(=O)O)CCN(C(CC(=O)NCC(CC(NO)C(O)C(O)C(O)C(O)CO)(CC(NO)C(O)C(O)C(O)C(O)CO)CN(C=O)C(O)C(O)C(O)C(O)CO)C(=O)O)C1. The Kier molecular flexibility index (Phi) is 51.3. The van der Waals surface area contributed by atoms with E-state index < -0.39 is 367 Å². The molecule has 710 valence electrons. The molecule has 1 heterocycles. The number of amides is 4. The topological polar surface area (TPSA) is 972 Å². The summed E-state index contributed by atoms with van der Waals surface area (Å²) in [5, 5.41) is 387. The van der Waals surface area contributed by atoms with Gasteiger partial charge in [0.1, 0.15) is 160 Å². The summed E-state index contributed by atoms with van der Waals surface area (Å²) in [6.07, 6.45) is -70.0. The van der Waals surface area contributed by atoms with Gasteiger partial charge in [0, 0.05) is 68.7 Å². The van der Waals surface area contributed by atoms with Crippen LogP contribution in [0.15, 0.2) is 0 Å². The number of carboxylic acid groups (broad SMARTS) is 2. The summed E-state index contributed by atoms with van der Waals surface area (Å²) in [6.45, 7) is -17.6. The molecule has 42 N–H and O–H groups in total. The number of carboxylic acids is 2. The molecule has 0 aromatic heterocycles. The van der Waals surface area contributed by atoms with Crippen LogP contribution in [0.3, 0.4) is 0 Å². The number of nitrogens with one attached hydrogen (secondary N) is 6. The predicted octanol–water partition coefficient (Wildman–Crippen LogP) is -23.8. The molecule has 0 aromatic rings. The van der Waals surface area contributed by atoms with Crippen LogP contribution >= 0.6 is 0 Å². The Morgan fingerprint density at radius 1 is 0.380 bits per heavy atom. The Morgan fingerprint density at radius 3 is 0.810 bits per heavy atom. The summed E-state index contributed by atoms with van der Waals surface area (Å²) in [7, 11) is 0. The minimum Gasteiger partial charge on any atom is -0.480 e. The molecule has 121 heavy (non-hydrogen) atoms. The zero-order valence-electron chi connectivity index (χ0n) is 65.1. The molecule has 0 aliphatic carbocycles. The number of aliphatic hydroxyl groups is 30. The van der Waals surface area contributed by atoms with Crippen molar-refractivity contribution in [2.45, 2.75) is 234 Å². The minimum atomic E-state index is -2.81. The number of nitrogens with zero attached hydrogens (tertiary/aromatic N) is 5. The van der Waals surface area contributed by atoms with Crippen molar-refractivity contribution in [2.75, 3.05) is 105 Å². The average Bonchev–Trinajstić information content (AvgIpc) is 1.38. The number of aliphatic hydroxyl groups excluding tert-OH is 30. The van der Waals surface area contributed by atoms with Crippen molar-refractivity contribution >= 4 is 49.5 Å². The van der Waals surface area contributed by atoms with Crippen molar-refractivity contribution in [3.05, 3.63) is 0 Å². The maximum atomic E-state index is 14.8. The van der Waals surface area contributed by atoms with E-state index in [9.17, 15) is 223 Å². The molecule has 57 heteroatoms. The fraction of sp³-hybridized carbons (Fsp3) is 0.875. The lowest BCUT2D eigenvalue weighted by molar-refractivity contribution is -0.171. The van der Waals surface area contributed by atoms with Crippen molar-refractivity contribution in [1.82, 2.24) is 57.1 Å². The van der Waals surface area contributed by atoms with Crippen molar-refractivity contribution in [1.29, 1.82) is 0 Å². The van der Waals surface area contributed by atoms with Crippen LogP contribution in [0, 0.1) is 10.8 Å². The van der Waals surface area contributed by atoms with Gasteiger partial charge >= 0.3 is 11.9 Å². The van der Waals surface area contributed by atoms with E-state index in [4.69, 9.17) is 9.47 Å². The van der Waals surface area contributed by atoms with Crippen LogP contribution in [-0.2, 0) is 47.8 Å². The number of carbonyl (C=O) groups excluding carboxylic acids is 6. The smallest absolute Gasteiger partial charge is 0.321 e. The van der Waals surface area contributed by atoms with Crippen molar-refractivity contribution in [3.8, 4) is 0 Å². The summed E-state index contributed by atoms with van der Waals surface area (Å²) in [6, 6.07) is -13.8. The number of hydrogen-bond acceptors (Lipinski definition) is 51. The van der Waals surface area contributed by atoms with Crippen LogP contribution in [0.25, 0.3) is 0 Å². The first-order valence-electron chi connectivity index (χ1n) is 37.0. The highest BCUT2D eigenvalue weighted by Crippen LogP contribution is 2.38. The van der Waals surface area contributed by atoms with Gasteiger partial charge in [0.2, 0.25) is 24.6 Å². The maximum Gasteiger partial charge on any atom is 0.321 e. The second kappa shape index (κ2) is 54.9. The lowest BCUT2D eigenvalue weighted by Crippen LogP contribution is -2.62. The number of hydrogen-bond donors (Lipinski definition) is 42. The Bertz CT molecular complexity index is 2730. The second-order valence-corrected chi connectivity index (χ2v) is 29.9. The Morgan fingerprint density at radius 2 is 0.612 bits per heavy atom. The molecule has 1 saturated heterocycles. The quantitative estimate of drug-likeness (QED) is 0.0153. The number of rotatable bonds is 67. The van der Waals surface area contributed by atoms with E-state index >= 15 is 0 Å². The van der Waals surface area contributed by atoms with Gasteiger partial charge in [0.05, 0.1) is 76.7 Å². The maximum absolute atomic E-state index is 14.8. The van der Waals surface area contributed by atoms with E-state index in [0.717, 1.165) is 14.7 Å². The molecular formula is C64H123N11O46. The number of ether oxygens (including phenoxy) is 2. The molecule has 1 rings (SSSR count). The van der Waals surface area contributed by atoms with Crippen molar-refractivity contribution in [3.63, 3.8) is 0 Å². The third kappa shape index (κ3) is 32.8. The molecule has 4 amide bonds. The molecule has 57 nitrogen and oxygen atoms in total. The molecule has 0 bridgehead atoms. The monoisotopic (exact) mass is 1780 g/mol. The zero-order valence-corrected chi connectivity index (χ0v) is 65.1.